The van der Waals surface area contributed by atoms with Gasteiger partial charge in [-0.3, -0.25) is 0 Å². The molecule has 70 valence electrons. The summed E-state index contributed by atoms with van der Waals surface area (Å²) in [6.07, 6.45) is 1.72. The number of phenolic OH excluding ortho intramolecular Hbond substituents is 1. The summed E-state index contributed by atoms with van der Waals surface area (Å²) in [5.74, 6) is 0.363. The molecule has 3 heteroatoms. The molecule has 0 aromatic heterocycles. The second kappa shape index (κ2) is 3.94. The standard InChI is InChI=1S/C10H14N2O/c1-7-4-9(6-12-11-3)5-8(2)10(7)13/h4-6,11,13H,1-3H3/b12-6+. The normalized spacial score (nSPS) is 10.7. The molecular formula is C10H14N2O. The summed E-state index contributed by atoms with van der Waals surface area (Å²) >= 11 is 0. The van der Waals surface area contributed by atoms with Crippen molar-refractivity contribution in [3.05, 3.63) is 28.8 Å². The SMILES string of the molecule is CN/N=C/c1cc(C)c(O)c(C)c1. The van der Waals surface area contributed by atoms with Crippen LogP contribution in [0, 0.1) is 13.8 Å². The lowest BCUT2D eigenvalue weighted by atomic mass is 10.1. The Balaban J connectivity index is 3.06. The molecule has 0 amide bonds. The van der Waals surface area contributed by atoms with Crippen LogP contribution in [0.15, 0.2) is 17.2 Å². The van der Waals surface area contributed by atoms with Crippen molar-refractivity contribution >= 4 is 6.21 Å². The fraction of sp³-hybridized carbons (Fsp3) is 0.300. The van der Waals surface area contributed by atoms with E-state index in [-0.39, 0.29) is 0 Å². The highest BCUT2D eigenvalue weighted by Crippen LogP contribution is 2.21. The van der Waals surface area contributed by atoms with Gasteiger partial charge in [-0.05, 0) is 42.7 Å². The van der Waals surface area contributed by atoms with Crippen molar-refractivity contribution in [3.8, 4) is 5.75 Å². The van der Waals surface area contributed by atoms with Crippen molar-refractivity contribution in [2.75, 3.05) is 7.05 Å². The van der Waals surface area contributed by atoms with E-state index >= 15 is 0 Å². The number of benzene rings is 1. The van der Waals surface area contributed by atoms with Crippen molar-refractivity contribution in [2.24, 2.45) is 5.10 Å². The van der Waals surface area contributed by atoms with Crippen molar-refractivity contribution in [1.82, 2.24) is 5.43 Å². The molecule has 0 saturated heterocycles. The number of nitrogens with zero attached hydrogens (tertiary/aromatic N) is 1. The smallest absolute Gasteiger partial charge is 0.121 e. The Bertz CT molecular complexity index is 309. The van der Waals surface area contributed by atoms with Crippen molar-refractivity contribution < 1.29 is 5.11 Å². The van der Waals surface area contributed by atoms with Gasteiger partial charge >= 0.3 is 0 Å². The van der Waals surface area contributed by atoms with Crippen LogP contribution in [-0.4, -0.2) is 18.4 Å². The van der Waals surface area contributed by atoms with Crippen LogP contribution >= 0.6 is 0 Å². The number of hydrogen-bond donors (Lipinski definition) is 2. The van der Waals surface area contributed by atoms with Crippen LogP contribution in [0.1, 0.15) is 16.7 Å². The molecule has 0 atom stereocenters. The van der Waals surface area contributed by atoms with Gasteiger partial charge in [0.25, 0.3) is 0 Å². The summed E-state index contributed by atoms with van der Waals surface area (Å²) in [4.78, 5) is 0. The number of rotatable bonds is 2. The molecule has 1 rings (SSSR count). The van der Waals surface area contributed by atoms with Crippen LogP contribution in [0.2, 0.25) is 0 Å². The zero-order valence-corrected chi connectivity index (χ0v) is 8.13. The Labute approximate surface area is 78.1 Å². The van der Waals surface area contributed by atoms with Gasteiger partial charge in [0.05, 0.1) is 6.21 Å². The topological polar surface area (TPSA) is 44.6 Å². The predicted molar refractivity (Wildman–Crippen MR) is 54.2 cm³/mol. The Hall–Kier alpha value is -1.51. The number of hydrogen-bond acceptors (Lipinski definition) is 3. The summed E-state index contributed by atoms with van der Waals surface area (Å²) in [6.45, 7) is 3.75. The molecule has 0 unspecified atom stereocenters. The molecule has 2 N–H and O–H groups in total. The van der Waals surface area contributed by atoms with E-state index in [1.54, 1.807) is 13.3 Å². The van der Waals surface area contributed by atoms with Gasteiger partial charge in [0.2, 0.25) is 0 Å². The summed E-state index contributed by atoms with van der Waals surface area (Å²) < 4.78 is 0. The van der Waals surface area contributed by atoms with E-state index in [4.69, 9.17) is 0 Å². The molecule has 1 aromatic carbocycles. The molecule has 0 aliphatic carbocycles. The molecule has 0 aliphatic rings. The first-order valence-corrected chi connectivity index (χ1v) is 4.15. The monoisotopic (exact) mass is 178 g/mol. The number of nitrogens with one attached hydrogen (secondary N) is 1. The zero-order valence-electron chi connectivity index (χ0n) is 8.13. The average Bonchev–Trinajstić information content (AvgIpc) is 2.10. The Morgan fingerprint density at radius 2 is 1.85 bits per heavy atom. The van der Waals surface area contributed by atoms with Crippen LogP contribution < -0.4 is 5.43 Å². The highest BCUT2D eigenvalue weighted by molar-refractivity contribution is 5.80. The number of aryl methyl sites for hydroxylation is 2. The van der Waals surface area contributed by atoms with Crippen LogP contribution in [0.5, 0.6) is 5.75 Å². The Kier molecular flexibility index (Phi) is 2.90. The fourth-order valence-corrected chi connectivity index (χ4v) is 1.20. The molecule has 0 bridgehead atoms. The van der Waals surface area contributed by atoms with E-state index in [1.807, 2.05) is 26.0 Å². The minimum absolute atomic E-state index is 0.363. The van der Waals surface area contributed by atoms with E-state index in [9.17, 15) is 5.11 Å². The van der Waals surface area contributed by atoms with Crippen molar-refractivity contribution in [3.63, 3.8) is 0 Å². The third-order valence-corrected chi connectivity index (χ3v) is 1.86. The first kappa shape index (κ1) is 9.58. The third-order valence-electron chi connectivity index (χ3n) is 1.86. The van der Waals surface area contributed by atoms with Crippen LogP contribution in [0.3, 0.4) is 0 Å². The molecule has 0 fully saturated rings. The quantitative estimate of drug-likeness (QED) is 0.533. The maximum absolute atomic E-state index is 9.50. The average molecular weight is 178 g/mol. The van der Waals surface area contributed by atoms with Gasteiger partial charge in [-0.2, -0.15) is 5.10 Å². The van der Waals surface area contributed by atoms with E-state index in [0.29, 0.717) is 5.75 Å². The summed E-state index contributed by atoms with van der Waals surface area (Å²) in [6, 6.07) is 3.78. The highest BCUT2D eigenvalue weighted by Gasteiger charge is 2.01. The number of aromatic hydroxyl groups is 1. The minimum atomic E-state index is 0.363. The maximum Gasteiger partial charge on any atom is 0.121 e. The predicted octanol–water partition coefficient (Wildman–Crippen LogP) is 1.56. The first-order chi connectivity index (χ1) is 6.15. The molecule has 0 radical (unpaired) electrons. The van der Waals surface area contributed by atoms with Gasteiger partial charge in [0.1, 0.15) is 5.75 Å². The van der Waals surface area contributed by atoms with E-state index in [0.717, 1.165) is 16.7 Å². The Morgan fingerprint density at radius 3 is 2.31 bits per heavy atom. The van der Waals surface area contributed by atoms with Gasteiger partial charge in [-0.15, -0.1) is 0 Å². The summed E-state index contributed by atoms with van der Waals surface area (Å²) in [5.41, 5.74) is 5.41. The zero-order chi connectivity index (χ0) is 9.84. The van der Waals surface area contributed by atoms with Gasteiger partial charge in [0.15, 0.2) is 0 Å². The van der Waals surface area contributed by atoms with Crippen molar-refractivity contribution in [1.29, 1.82) is 0 Å². The molecular weight excluding hydrogens is 164 g/mol. The largest absolute Gasteiger partial charge is 0.507 e. The molecule has 0 aliphatic heterocycles. The fourth-order valence-electron chi connectivity index (χ4n) is 1.20. The Morgan fingerprint density at radius 1 is 1.31 bits per heavy atom. The summed E-state index contributed by atoms with van der Waals surface area (Å²) in [7, 11) is 1.75. The van der Waals surface area contributed by atoms with Gasteiger partial charge < -0.3 is 10.5 Å². The maximum atomic E-state index is 9.50. The molecule has 0 spiro atoms. The minimum Gasteiger partial charge on any atom is -0.507 e. The van der Waals surface area contributed by atoms with Crippen LogP contribution in [0.4, 0.5) is 0 Å². The van der Waals surface area contributed by atoms with Gasteiger partial charge in [-0.25, -0.2) is 0 Å². The third kappa shape index (κ3) is 2.21. The lowest BCUT2D eigenvalue weighted by Gasteiger charge is -2.03. The van der Waals surface area contributed by atoms with E-state index < -0.39 is 0 Å². The number of phenols is 1. The second-order valence-corrected chi connectivity index (χ2v) is 2.99. The molecule has 13 heavy (non-hydrogen) atoms. The second-order valence-electron chi connectivity index (χ2n) is 2.99. The van der Waals surface area contributed by atoms with Crippen LogP contribution in [0.25, 0.3) is 0 Å². The van der Waals surface area contributed by atoms with Crippen LogP contribution in [-0.2, 0) is 0 Å². The summed E-state index contributed by atoms with van der Waals surface area (Å²) in [5, 5.41) is 13.4. The molecule has 1 aromatic rings. The molecule has 0 saturated carbocycles. The highest BCUT2D eigenvalue weighted by atomic mass is 16.3. The van der Waals surface area contributed by atoms with Gasteiger partial charge in [0, 0.05) is 7.05 Å². The first-order valence-electron chi connectivity index (χ1n) is 4.15. The van der Waals surface area contributed by atoms with Gasteiger partial charge in [-0.1, -0.05) is 0 Å². The lowest BCUT2D eigenvalue weighted by Crippen LogP contribution is -1.95. The molecule has 3 nitrogen and oxygen atoms in total. The van der Waals surface area contributed by atoms with Crippen molar-refractivity contribution in [2.45, 2.75) is 13.8 Å². The van der Waals surface area contributed by atoms with E-state index in [1.165, 1.54) is 0 Å². The lowest BCUT2D eigenvalue weighted by molar-refractivity contribution is 0.467. The number of hydrazone groups is 1. The van der Waals surface area contributed by atoms with E-state index in [2.05, 4.69) is 10.5 Å². The molecule has 0 heterocycles.